The second kappa shape index (κ2) is 11.5. The van der Waals surface area contributed by atoms with Crippen LogP contribution in [0.15, 0.2) is 69.0 Å². The fourth-order valence-corrected chi connectivity index (χ4v) is 4.12. The molecule has 4 aromatic rings. The average molecular weight is 588 g/mol. The van der Waals surface area contributed by atoms with Gasteiger partial charge in [-0.2, -0.15) is 9.78 Å². The predicted octanol–water partition coefficient (Wildman–Crippen LogP) is 5.42. The van der Waals surface area contributed by atoms with E-state index in [4.69, 9.17) is 21.1 Å². The van der Waals surface area contributed by atoms with E-state index in [9.17, 15) is 14.0 Å². The Morgan fingerprint density at radius 3 is 2.68 bits per heavy atom. The standard InChI is InChI=1S/C26H21BrClFN4O4/c1-3-23-32-21-9-4-16(27)12-19(21)26(35)33(23)30-13-15-10-20(28)25(22(11-15)36-2)37-14-24(34)31-18-7-5-17(29)6-8-18/h4-13H,3,14H2,1-2H3,(H,31,34). The Morgan fingerprint density at radius 2 is 1.97 bits per heavy atom. The number of aryl methyl sites for hydroxylation is 1. The van der Waals surface area contributed by atoms with Gasteiger partial charge < -0.3 is 14.8 Å². The summed E-state index contributed by atoms with van der Waals surface area (Å²) in [6.45, 7) is 1.53. The summed E-state index contributed by atoms with van der Waals surface area (Å²) in [7, 11) is 1.43. The number of benzene rings is 3. The minimum absolute atomic E-state index is 0.166. The molecule has 0 aliphatic heterocycles. The molecule has 0 bridgehead atoms. The Kier molecular flexibility index (Phi) is 8.20. The number of methoxy groups -OCH3 is 1. The van der Waals surface area contributed by atoms with Gasteiger partial charge >= 0.3 is 0 Å². The van der Waals surface area contributed by atoms with Crippen molar-refractivity contribution in [2.24, 2.45) is 5.10 Å². The molecule has 1 N–H and O–H groups in total. The predicted molar refractivity (Wildman–Crippen MR) is 145 cm³/mol. The third-order valence-electron chi connectivity index (χ3n) is 5.24. The van der Waals surface area contributed by atoms with E-state index < -0.39 is 11.7 Å². The second-order valence-corrected chi connectivity index (χ2v) is 9.11. The van der Waals surface area contributed by atoms with E-state index in [0.29, 0.717) is 34.4 Å². The van der Waals surface area contributed by atoms with Crippen LogP contribution >= 0.6 is 27.5 Å². The minimum atomic E-state index is -0.461. The van der Waals surface area contributed by atoms with E-state index in [0.717, 1.165) is 4.47 Å². The summed E-state index contributed by atoms with van der Waals surface area (Å²) < 4.78 is 26.0. The quantitative estimate of drug-likeness (QED) is 0.278. The molecule has 37 heavy (non-hydrogen) atoms. The monoisotopic (exact) mass is 586 g/mol. The van der Waals surface area contributed by atoms with Gasteiger partial charge in [0.15, 0.2) is 18.1 Å². The SMILES string of the molecule is CCc1nc2ccc(Br)cc2c(=O)n1N=Cc1cc(Cl)c(OCC(=O)Nc2ccc(F)cc2)c(OC)c1. The molecule has 0 fully saturated rings. The molecule has 0 aliphatic carbocycles. The summed E-state index contributed by atoms with van der Waals surface area (Å²) in [5, 5.41) is 7.57. The Hall–Kier alpha value is -3.76. The molecule has 1 heterocycles. The number of hydrogen-bond acceptors (Lipinski definition) is 6. The number of anilines is 1. The van der Waals surface area contributed by atoms with Crippen molar-refractivity contribution < 1.29 is 18.7 Å². The molecule has 0 unspecified atom stereocenters. The van der Waals surface area contributed by atoms with E-state index in [-0.39, 0.29) is 28.7 Å². The van der Waals surface area contributed by atoms with Crippen molar-refractivity contribution in [1.29, 1.82) is 0 Å². The number of rotatable bonds is 8. The number of ether oxygens (including phenoxy) is 2. The topological polar surface area (TPSA) is 94.8 Å². The number of amides is 1. The molecule has 4 rings (SSSR count). The van der Waals surface area contributed by atoms with Gasteiger partial charge in [-0.15, -0.1) is 0 Å². The molecule has 0 radical (unpaired) electrons. The maximum Gasteiger partial charge on any atom is 0.282 e. The van der Waals surface area contributed by atoms with Crippen molar-refractivity contribution in [3.8, 4) is 11.5 Å². The first-order chi connectivity index (χ1) is 17.8. The normalized spacial score (nSPS) is 11.2. The van der Waals surface area contributed by atoms with Gasteiger partial charge in [-0.1, -0.05) is 34.5 Å². The molecular formula is C26H21BrClFN4O4. The van der Waals surface area contributed by atoms with Crippen LogP contribution < -0.4 is 20.3 Å². The van der Waals surface area contributed by atoms with E-state index in [1.165, 1.54) is 42.3 Å². The number of halogens is 3. The third-order valence-corrected chi connectivity index (χ3v) is 6.02. The first-order valence-electron chi connectivity index (χ1n) is 11.1. The van der Waals surface area contributed by atoms with E-state index >= 15 is 0 Å². The van der Waals surface area contributed by atoms with Crippen molar-refractivity contribution in [2.75, 3.05) is 19.0 Å². The Balaban J connectivity index is 1.56. The lowest BCUT2D eigenvalue weighted by molar-refractivity contribution is -0.118. The summed E-state index contributed by atoms with van der Waals surface area (Å²) in [6.07, 6.45) is 1.96. The molecule has 3 aromatic carbocycles. The highest BCUT2D eigenvalue weighted by molar-refractivity contribution is 9.10. The lowest BCUT2D eigenvalue weighted by atomic mass is 10.2. The summed E-state index contributed by atoms with van der Waals surface area (Å²) in [5.74, 6) is 0.0695. The van der Waals surface area contributed by atoms with Crippen molar-refractivity contribution in [3.63, 3.8) is 0 Å². The van der Waals surface area contributed by atoms with Crippen molar-refractivity contribution in [1.82, 2.24) is 9.66 Å². The average Bonchev–Trinajstić information content (AvgIpc) is 2.88. The van der Waals surface area contributed by atoms with Crippen LogP contribution in [0.3, 0.4) is 0 Å². The van der Waals surface area contributed by atoms with Gasteiger partial charge in [0, 0.05) is 16.6 Å². The van der Waals surface area contributed by atoms with Gasteiger partial charge in [0.2, 0.25) is 0 Å². The Bertz CT molecular complexity index is 1560. The van der Waals surface area contributed by atoms with Gasteiger partial charge in [-0.05, 0) is 60.2 Å². The maximum atomic E-state index is 13.1. The lowest BCUT2D eigenvalue weighted by Crippen LogP contribution is -2.22. The molecule has 11 heteroatoms. The highest BCUT2D eigenvalue weighted by atomic mass is 79.9. The van der Waals surface area contributed by atoms with E-state index in [1.807, 2.05) is 13.0 Å². The van der Waals surface area contributed by atoms with Crippen LogP contribution in [-0.2, 0) is 11.2 Å². The van der Waals surface area contributed by atoms with Crippen LogP contribution in [0.1, 0.15) is 18.3 Å². The van der Waals surface area contributed by atoms with Gasteiger partial charge in [0.05, 0.1) is 29.2 Å². The molecule has 8 nitrogen and oxygen atoms in total. The Morgan fingerprint density at radius 1 is 1.22 bits per heavy atom. The van der Waals surface area contributed by atoms with Gasteiger partial charge in [0.1, 0.15) is 11.6 Å². The zero-order chi connectivity index (χ0) is 26.5. The summed E-state index contributed by atoms with van der Waals surface area (Å²) in [6, 6.07) is 13.8. The van der Waals surface area contributed by atoms with Crippen LogP contribution in [0.4, 0.5) is 10.1 Å². The summed E-state index contributed by atoms with van der Waals surface area (Å²) in [4.78, 5) is 29.9. The summed E-state index contributed by atoms with van der Waals surface area (Å²) >= 11 is 9.80. The molecule has 0 spiro atoms. The first kappa shape index (κ1) is 26.3. The van der Waals surface area contributed by atoms with Crippen molar-refractivity contribution in [2.45, 2.75) is 13.3 Å². The number of carbonyl (C=O) groups excluding carboxylic acids is 1. The lowest BCUT2D eigenvalue weighted by Gasteiger charge is -2.13. The Labute approximate surface area is 224 Å². The zero-order valence-corrected chi connectivity index (χ0v) is 22.1. The molecule has 1 amide bonds. The van der Waals surface area contributed by atoms with Crippen LogP contribution in [0.25, 0.3) is 10.9 Å². The first-order valence-corrected chi connectivity index (χ1v) is 12.3. The maximum absolute atomic E-state index is 13.1. The minimum Gasteiger partial charge on any atom is -0.493 e. The van der Waals surface area contributed by atoms with Crippen LogP contribution in [0.2, 0.25) is 5.02 Å². The molecule has 0 saturated heterocycles. The molecular weight excluding hydrogens is 567 g/mol. The number of aromatic nitrogens is 2. The molecule has 1 aromatic heterocycles. The van der Waals surface area contributed by atoms with Crippen molar-refractivity contribution >= 4 is 56.2 Å². The van der Waals surface area contributed by atoms with Gasteiger partial charge in [-0.3, -0.25) is 9.59 Å². The second-order valence-electron chi connectivity index (χ2n) is 7.78. The number of fused-ring (bicyclic) bond motifs is 1. The number of hydrogen-bond donors (Lipinski definition) is 1. The summed E-state index contributed by atoms with van der Waals surface area (Å²) in [5.41, 5.74) is 1.25. The molecule has 0 saturated carbocycles. The fraction of sp³-hybridized carbons (Fsp3) is 0.154. The highest BCUT2D eigenvalue weighted by Gasteiger charge is 2.15. The van der Waals surface area contributed by atoms with E-state index in [1.54, 1.807) is 24.3 Å². The van der Waals surface area contributed by atoms with Crippen molar-refractivity contribution in [3.05, 3.63) is 91.7 Å². The molecule has 0 aliphatic rings. The highest BCUT2D eigenvalue weighted by Crippen LogP contribution is 2.36. The largest absolute Gasteiger partial charge is 0.493 e. The third kappa shape index (κ3) is 6.15. The zero-order valence-electron chi connectivity index (χ0n) is 19.8. The van der Waals surface area contributed by atoms with E-state index in [2.05, 4.69) is 31.3 Å². The molecule has 190 valence electrons. The fourth-order valence-electron chi connectivity index (χ4n) is 3.49. The molecule has 0 atom stereocenters. The number of carbonyl (C=O) groups is 1. The van der Waals surface area contributed by atoms with Crippen LogP contribution in [0.5, 0.6) is 11.5 Å². The van der Waals surface area contributed by atoms with Crippen LogP contribution in [-0.4, -0.2) is 35.5 Å². The number of nitrogens with one attached hydrogen (secondary N) is 1. The smallest absolute Gasteiger partial charge is 0.282 e. The van der Waals surface area contributed by atoms with Gasteiger partial charge in [-0.25, -0.2) is 9.37 Å². The number of nitrogens with zero attached hydrogens (tertiary/aromatic N) is 3. The van der Waals surface area contributed by atoms with Gasteiger partial charge in [0.25, 0.3) is 11.5 Å². The van der Waals surface area contributed by atoms with Crippen LogP contribution in [0, 0.1) is 5.82 Å².